The van der Waals surface area contributed by atoms with E-state index in [0.29, 0.717) is 0 Å². The van der Waals surface area contributed by atoms with Crippen molar-refractivity contribution < 1.29 is 4.74 Å². The van der Waals surface area contributed by atoms with E-state index >= 15 is 0 Å². The van der Waals surface area contributed by atoms with Crippen LogP contribution >= 0.6 is 0 Å². The van der Waals surface area contributed by atoms with Crippen LogP contribution in [0.25, 0.3) is 11.8 Å². The number of benzene rings is 4. The molecule has 0 spiro atoms. The van der Waals surface area contributed by atoms with Crippen molar-refractivity contribution in [2.24, 2.45) is 0 Å². The maximum absolute atomic E-state index is 5.75. The lowest BCUT2D eigenvalue weighted by Crippen LogP contribution is -2.22. The van der Waals surface area contributed by atoms with Gasteiger partial charge in [0.05, 0.1) is 7.11 Å². The predicted octanol–water partition coefficient (Wildman–Crippen LogP) is 6.90. The molecule has 0 radical (unpaired) electrons. The van der Waals surface area contributed by atoms with Crippen LogP contribution in [0, 0.1) is 0 Å². The van der Waals surface area contributed by atoms with Crippen molar-refractivity contribution in [3.8, 4) is 5.75 Å². The summed E-state index contributed by atoms with van der Waals surface area (Å²) in [6.45, 7) is 1.60. The molecule has 0 aliphatic rings. The zero-order valence-corrected chi connectivity index (χ0v) is 17.8. The number of methoxy groups -OCH3 is 1. The Morgan fingerprint density at radius 3 is 1.68 bits per heavy atom. The minimum Gasteiger partial charge on any atom is -0.496 e. The lowest BCUT2D eigenvalue weighted by molar-refractivity contribution is 0.377. The number of hydrogen-bond acceptors (Lipinski definition) is 2. The normalized spacial score (nSPS) is 11.2. The van der Waals surface area contributed by atoms with Crippen LogP contribution in [0.5, 0.6) is 5.75 Å². The highest BCUT2D eigenvalue weighted by Gasteiger charge is 2.17. The minimum atomic E-state index is 0.798. The summed E-state index contributed by atoms with van der Waals surface area (Å²) in [5.74, 6) is 0.871. The van der Waals surface area contributed by atoms with E-state index in [4.69, 9.17) is 4.74 Å². The fraction of sp³-hybridized carbons (Fsp3) is 0.103. The molecule has 0 heterocycles. The van der Waals surface area contributed by atoms with Gasteiger partial charge in [-0.3, -0.25) is 0 Å². The van der Waals surface area contributed by atoms with E-state index in [2.05, 4.69) is 108 Å². The van der Waals surface area contributed by atoms with Gasteiger partial charge >= 0.3 is 0 Å². The van der Waals surface area contributed by atoms with Crippen LogP contribution in [0.4, 0.5) is 0 Å². The number of para-hydroxylation sites is 1. The van der Waals surface area contributed by atoms with Gasteiger partial charge in [-0.15, -0.1) is 0 Å². The number of rotatable bonds is 8. The predicted molar refractivity (Wildman–Crippen MR) is 129 cm³/mol. The smallest absolute Gasteiger partial charge is 0.128 e. The minimum absolute atomic E-state index is 0.798. The van der Waals surface area contributed by atoms with Crippen LogP contribution in [0.2, 0.25) is 0 Å². The largest absolute Gasteiger partial charge is 0.496 e. The molecular formula is C29H27NO. The van der Waals surface area contributed by atoms with Gasteiger partial charge in [0.25, 0.3) is 0 Å². The molecule has 0 aromatic heterocycles. The fourth-order valence-corrected chi connectivity index (χ4v) is 3.74. The highest BCUT2D eigenvalue weighted by Crippen LogP contribution is 2.32. The molecule has 31 heavy (non-hydrogen) atoms. The maximum atomic E-state index is 5.75. The summed E-state index contributed by atoms with van der Waals surface area (Å²) in [7, 11) is 1.73. The third-order valence-electron chi connectivity index (χ3n) is 5.26. The average Bonchev–Trinajstić information content (AvgIpc) is 2.84. The van der Waals surface area contributed by atoms with Gasteiger partial charge in [0.2, 0.25) is 0 Å². The van der Waals surface area contributed by atoms with E-state index in [9.17, 15) is 0 Å². The molecule has 0 fully saturated rings. The van der Waals surface area contributed by atoms with E-state index in [1.165, 1.54) is 11.1 Å². The zero-order chi connectivity index (χ0) is 21.3. The Hall–Kier alpha value is -3.78. The average molecular weight is 406 g/mol. The zero-order valence-electron chi connectivity index (χ0n) is 17.8. The Bertz CT molecular complexity index is 1060. The lowest BCUT2D eigenvalue weighted by atomic mass is 10.0. The molecule has 0 bridgehead atoms. The number of nitrogens with zero attached hydrogens (tertiary/aromatic N) is 1. The number of hydrogen-bond donors (Lipinski definition) is 0. The molecule has 2 nitrogen and oxygen atoms in total. The van der Waals surface area contributed by atoms with Gasteiger partial charge in [-0.2, -0.15) is 0 Å². The summed E-state index contributed by atoms with van der Waals surface area (Å²) in [5.41, 5.74) is 5.92. The second-order valence-corrected chi connectivity index (χ2v) is 7.47. The molecular weight excluding hydrogens is 378 g/mol. The highest BCUT2D eigenvalue weighted by atomic mass is 16.5. The molecule has 0 saturated heterocycles. The van der Waals surface area contributed by atoms with Crippen LogP contribution in [0.3, 0.4) is 0 Å². The standard InChI is InChI=1S/C29H27NO/c1-31-29-20-12-11-19-27(29)28(21-24-13-5-2-6-14-24)30(22-25-15-7-3-8-16-25)23-26-17-9-4-10-18-26/h2-21H,22-23H2,1H3/b28-21+. The Kier molecular flexibility index (Phi) is 6.81. The molecule has 2 heteroatoms. The quantitative estimate of drug-likeness (QED) is 0.296. The summed E-state index contributed by atoms with van der Waals surface area (Å²) in [4.78, 5) is 2.43. The van der Waals surface area contributed by atoms with Crippen LogP contribution in [0.15, 0.2) is 115 Å². The summed E-state index contributed by atoms with van der Waals surface area (Å²) >= 11 is 0. The van der Waals surface area contributed by atoms with Crippen LogP contribution in [-0.4, -0.2) is 12.0 Å². The van der Waals surface area contributed by atoms with Crippen molar-refractivity contribution in [3.63, 3.8) is 0 Å². The van der Waals surface area contributed by atoms with Gasteiger partial charge in [0, 0.05) is 24.4 Å². The van der Waals surface area contributed by atoms with Crippen LogP contribution in [0.1, 0.15) is 22.3 Å². The Labute approximate surface area is 185 Å². The van der Waals surface area contributed by atoms with E-state index in [1.807, 2.05) is 18.2 Å². The Balaban J connectivity index is 1.83. The first kappa shape index (κ1) is 20.5. The van der Waals surface area contributed by atoms with Crippen molar-refractivity contribution in [2.45, 2.75) is 13.1 Å². The van der Waals surface area contributed by atoms with E-state index in [-0.39, 0.29) is 0 Å². The summed E-state index contributed by atoms with van der Waals surface area (Å²) in [5, 5.41) is 0. The molecule has 0 saturated carbocycles. The molecule has 154 valence electrons. The first-order valence-corrected chi connectivity index (χ1v) is 10.6. The van der Waals surface area contributed by atoms with Crippen LogP contribution < -0.4 is 4.74 Å². The molecule has 0 amide bonds. The van der Waals surface area contributed by atoms with E-state index in [1.54, 1.807) is 7.11 Å². The third-order valence-corrected chi connectivity index (χ3v) is 5.26. The van der Waals surface area contributed by atoms with Crippen molar-refractivity contribution in [3.05, 3.63) is 138 Å². The SMILES string of the molecule is COc1ccccc1/C(=C\c1ccccc1)N(Cc1ccccc1)Cc1ccccc1. The second kappa shape index (κ2) is 10.3. The van der Waals surface area contributed by atoms with Gasteiger partial charge in [0.1, 0.15) is 5.75 Å². The lowest BCUT2D eigenvalue weighted by Gasteiger charge is -2.29. The molecule has 4 rings (SSSR count). The summed E-state index contributed by atoms with van der Waals surface area (Å²) in [6.07, 6.45) is 2.25. The molecule has 4 aromatic rings. The van der Waals surface area contributed by atoms with Crippen molar-refractivity contribution in [2.75, 3.05) is 7.11 Å². The molecule has 0 aliphatic carbocycles. The van der Waals surface area contributed by atoms with Gasteiger partial charge in [-0.25, -0.2) is 0 Å². The van der Waals surface area contributed by atoms with Crippen molar-refractivity contribution >= 4 is 11.8 Å². The Morgan fingerprint density at radius 2 is 1.13 bits per heavy atom. The van der Waals surface area contributed by atoms with Gasteiger partial charge < -0.3 is 9.64 Å². The number of ether oxygens (including phenoxy) is 1. The summed E-state index contributed by atoms with van der Waals surface area (Å²) in [6, 6.07) is 39.9. The van der Waals surface area contributed by atoms with E-state index < -0.39 is 0 Å². The van der Waals surface area contributed by atoms with Gasteiger partial charge in [0.15, 0.2) is 0 Å². The Morgan fingerprint density at radius 1 is 0.645 bits per heavy atom. The topological polar surface area (TPSA) is 12.5 Å². The highest BCUT2D eigenvalue weighted by molar-refractivity contribution is 5.83. The first-order chi connectivity index (χ1) is 15.3. The van der Waals surface area contributed by atoms with E-state index in [0.717, 1.165) is 35.7 Å². The second-order valence-electron chi connectivity index (χ2n) is 7.47. The van der Waals surface area contributed by atoms with Gasteiger partial charge in [-0.1, -0.05) is 103 Å². The molecule has 4 aromatic carbocycles. The van der Waals surface area contributed by atoms with Crippen LogP contribution in [-0.2, 0) is 13.1 Å². The first-order valence-electron chi connectivity index (χ1n) is 10.6. The molecule has 0 aliphatic heterocycles. The summed E-state index contributed by atoms with van der Waals surface area (Å²) < 4.78 is 5.75. The van der Waals surface area contributed by atoms with Crippen molar-refractivity contribution in [1.29, 1.82) is 0 Å². The molecule has 0 N–H and O–H groups in total. The molecule has 0 atom stereocenters. The van der Waals surface area contributed by atoms with Crippen molar-refractivity contribution in [1.82, 2.24) is 4.90 Å². The van der Waals surface area contributed by atoms with Gasteiger partial charge in [-0.05, 0) is 34.9 Å². The monoisotopic (exact) mass is 405 g/mol. The molecule has 0 unspecified atom stereocenters. The fourth-order valence-electron chi connectivity index (χ4n) is 3.74. The third kappa shape index (κ3) is 5.43. The maximum Gasteiger partial charge on any atom is 0.128 e.